The monoisotopic (exact) mass is 423 g/mol. The SMILES string of the molecule is CS(=O)(=O)N1CCC(N(CCNC(=O)CCc2ccccc2)C2CCOCC2)C1. The van der Waals surface area contributed by atoms with Crippen LogP contribution >= 0.6 is 0 Å². The maximum absolute atomic E-state index is 12.2. The molecule has 0 aliphatic carbocycles. The maximum Gasteiger partial charge on any atom is 0.220 e. The van der Waals surface area contributed by atoms with E-state index in [9.17, 15) is 13.2 Å². The predicted octanol–water partition coefficient (Wildman–Crippen LogP) is 1.25. The Hall–Kier alpha value is -1.48. The van der Waals surface area contributed by atoms with Gasteiger partial charge in [0.25, 0.3) is 0 Å². The highest BCUT2D eigenvalue weighted by molar-refractivity contribution is 7.88. The van der Waals surface area contributed by atoms with Gasteiger partial charge in [0, 0.05) is 57.9 Å². The van der Waals surface area contributed by atoms with Crippen LogP contribution in [-0.2, 0) is 26.0 Å². The number of ether oxygens (including phenoxy) is 1. The second-order valence-corrected chi connectivity index (χ2v) is 9.96. The van der Waals surface area contributed by atoms with E-state index in [1.807, 2.05) is 30.3 Å². The van der Waals surface area contributed by atoms with Gasteiger partial charge in [-0.25, -0.2) is 12.7 Å². The topological polar surface area (TPSA) is 79.0 Å². The molecule has 1 N–H and O–H groups in total. The number of carbonyl (C=O) groups excluding carboxylic acids is 1. The van der Waals surface area contributed by atoms with Gasteiger partial charge in [0.05, 0.1) is 6.26 Å². The minimum Gasteiger partial charge on any atom is -0.381 e. The van der Waals surface area contributed by atoms with Crippen LogP contribution in [0.4, 0.5) is 0 Å². The normalized spacial score (nSPS) is 21.5. The highest BCUT2D eigenvalue weighted by atomic mass is 32.2. The summed E-state index contributed by atoms with van der Waals surface area (Å²) in [5.41, 5.74) is 1.17. The van der Waals surface area contributed by atoms with Gasteiger partial charge in [-0.2, -0.15) is 0 Å². The van der Waals surface area contributed by atoms with E-state index in [2.05, 4.69) is 10.2 Å². The first-order valence-electron chi connectivity index (χ1n) is 10.5. The molecule has 7 nitrogen and oxygen atoms in total. The molecule has 1 atom stereocenters. The Kier molecular flexibility index (Phi) is 8.06. The van der Waals surface area contributed by atoms with Crippen LogP contribution in [0.5, 0.6) is 0 Å². The number of nitrogens with one attached hydrogen (secondary N) is 1. The summed E-state index contributed by atoms with van der Waals surface area (Å²) in [4.78, 5) is 14.6. The molecule has 29 heavy (non-hydrogen) atoms. The first-order chi connectivity index (χ1) is 13.9. The Bertz CT molecular complexity index is 750. The molecule has 0 spiro atoms. The lowest BCUT2D eigenvalue weighted by Crippen LogP contribution is -2.50. The quantitative estimate of drug-likeness (QED) is 0.647. The lowest BCUT2D eigenvalue weighted by atomic mass is 10.0. The summed E-state index contributed by atoms with van der Waals surface area (Å²) in [6.45, 7) is 3.93. The standard InChI is InChI=1S/C21H33N3O4S/c1-29(26,27)23-13-9-20(17-23)24(19-10-15-28-16-11-19)14-12-22-21(25)8-7-18-5-3-2-4-6-18/h2-6,19-20H,7-17H2,1H3,(H,22,25). The van der Waals surface area contributed by atoms with Crippen molar-refractivity contribution in [2.75, 3.05) is 45.6 Å². The number of hydrogen-bond acceptors (Lipinski definition) is 5. The largest absolute Gasteiger partial charge is 0.381 e. The van der Waals surface area contributed by atoms with Gasteiger partial charge in [-0.1, -0.05) is 30.3 Å². The molecule has 0 bridgehead atoms. The second kappa shape index (κ2) is 10.5. The molecule has 1 unspecified atom stereocenters. The first kappa shape index (κ1) is 22.2. The van der Waals surface area contributed by atoms with Gasteiger partial charge in [0.2, 0.25) is 15.9 Å². The van der Waals surface area contributed by atoms with Crippen molar-refractivity contribution < 1.29 is 17.9 Å². The Labute approximate surface area is 174 Å². The van der Waals surface area contributed by atoms with Crippen LogP contribution < -0.4 is 5.32 Å². The minimum atomic E-state index is -3.16. The second-order valence-electron chi connectivity index (χ2n) is 7.98. The van der Waals surface area contributed by atoms with Crippen molar-refractivity contribution in [1.82, 2.24) is 14.5 Å². The Morgan fingerprint density at radius 2 is 1.90 bits per heavy atom. The third kappa shape index (κ3) is 6.77. The third-order valence-electron chi connectivity index (χ3n) is 5.90. The van der Waals surface area contributed by atoms with Crippen molar-refractivity contribution in [1.29, 1.82) is 0 Å². The van der Waals surface area contributed by atoms with Gasteiger partial charge in [-0.15, -0.1) is 0 Å². The van der Waals surface area contributed by atoms with Gasteiger partial charge >= 0.3 is 0 Å². The van der Waals surface area contributed by atoms with E-state index in [1.165, 1.54) is 11.8 Å². The van der Waals surface area contributed by atoms with Gasteiger partial charge in [0.15, 0.2) is 0 Å². The molecule has 0 radical (unpaired) electrons. The van der Waals surface area contributed by atoms with Gasteiger partial charge in [0.1, 0.15) is 0 Å². The van der Waals surface area contributed by atoms with Crippen LogP contribution in [0.25, 0.3) is 0 Å². The van der Waals surface area contributed by atoms with E-state index in [0.29, 0.717) is 32.1 Å². The lowest BCUT2D eigenvalue weighted by molar-refractivity contribution is -0.121. The Morgan fingerprint density at radius 3 is 2.55 bits per heavy atom. The van der Waals surface area contributed by atoms with Gasteiger partial charge in [-0.05, 0) is 31.2 Å². The molecule has 1 aromatic rings. The smallest absolute Gasteiger partial charge is 0.220 e. The number of carbonyl (C=O) groups is 1. The number of nitrogens with zero attached hydrogens (tertiary/aromatic N) is 2. The summed E-state index contributed by atoms with van der Waals surface area (Å²) in [7, 11) is -3.16. The molecule has 0 saturated carbocycles. The summed E-state index contributed by atoms with van der Waals surface area (Å²) in [6, 6.07) is 10.6. The van der Waals surface area contributed by atoms with Crippen molar-refractivity contribution in [2.45, 2.75) is 44.2 Å². The summed E-state index contributed by atoms with van der Waals surface area (Å²) in [6.07, 6.45) is 5.25. The molecule has 2 heterocycles. The molecule has 1 amide bonds. The van der Waals surface area contributed by atoms with Crippen LogP contribution in [0.15, 0.2) is 30.3 Å². The maximum atomic E-state index is 12.2. The molecule has 1 aromatic carbocycles. The fourth-order valence-electron chi connectivity index (χ4n) is 4.28. The van der Waals surface area contributed by atoms with Crippen molar-refractivity contribution >= 4 is 15.9 Å². The zero-order valence-electron chi connectivity index (χ0n) is 17.3. The molecule has 2 aliphatic rings. The first-order valence-corrected chi connectivity index (χ1v) is 12.4. The Morgan fingerprint density at radius 1 is 1.17 bits per heavy atom. The minimum absolute atomic E-state index is 0.0602. The molecule has 2 saturated heterocycles. The molecule has 162 valence electrons. The fourth-order valence-corrected chi connectivity index (χ4v) is 5.16. The van der Waals surface area contributed by atoms with Crippen LogP contribution in [0.2, 0.25) is 0 Å². The summed E-state index contributed by atoms with van der Waals surface area (Å²) in [5, 5.41) is 3.04. The van der Waals surface area contributed by atoms with Crippen molar-refractivity contribution in [3.63, 3.8) is 0 Å². The van der Waals surface area contributed by atoms with E-state index in [4.69, 9.17) is 4.74 Å². The van der Waals surface area contributed by atoms with Crippen molar-refractivity contribution in [2.24, 2.45) is 0 Å². The van der Waals surface area contributed by atoms with Crippen molar-refractivity contribution in [3.8, 4) is 0 Å². The van der Waals surface area contributed by atoms with Gasteiger partial charge in [-0.3, -0.25) is 9.69 Å². The van der Waals surface area contributed by atoms with E-state index < -0.39 is 10.0 Å². The number of benzene rings is 1. The summed E-state index contributed by atoms with van der Waals surface area (Å²) < 4.78 is 30.9. The molecule has 2 aliphatic heterocycles. The van der Waals surface area contributed by atoms with E-state index >= 15 is 0 Å². The predicted molar refractivity (Wildman–Crippen MR) is 113 cm³/mol. The third-order valence-corrected chi connectivity index (χ3v) is 7.17. The zero-order valence-corrected chi connectivity index (χ0v) is 18.1. The molecule has 3 rings (SSSR count). The summed E-state index contributed by atoms with van der Waals surface area (Å²) in [5.74, 6) is 0.0602. The molecule has 0 aromatic heterocycles. The van der Waals surface area contributed by atoms with E-state index in [0.717, 1.165) is 45.4 Å². The summed E-state index contributed by atoms with van der Waals surface area (Å²) >= 11 is 0. The average molecular weight is 424 g/mol. The van der Waals surface area contributed by atoms with E-state index in [-0.39, 0.29) is 11.9 Å². The van der Waals surface area contributed by atoms with Crippen LogP contribution in [0, 0.1) is 0 Å². The number of hydrogen-bond donors (Lipinski definition) is 1. The number of aryl methyl sites for hydroxylation is 1. The van der Waals surface area contributed by atoms with Crippen LogP contribution in [0.3, 0.4) is 0 Å². The number of rotatable bonds is 9. The Balaban J connectivity index is 1.50. The highest BCUT2D eigenvalue weighted by Crippen LogP contribution is 2.24. The van der Waals surface area contributed by atoms with E-state index in [1.54, 1.807) is 4.31 Å². The lowest BCUT2D eigenvalue weighted by Gasteiger charge is -2.38. The molecule has 2 fully saturated rings. The zero-order chi connectivity index (χ0) is 20.7. The molecular formula is C21H33N3O4S. The van der Waals surface area contributed by atoms with Crippen LogP contribution in [0.1, 0.15) is 31.2 Å². The fraction of sp³-hybridized carbons (Fsp3) is 0.667. The molecular weight excluding hydrogens is 390 g/mol. The van der Waals surface area contributed by atoms with Crippen molar-refractivity contribution in [3.05, 3.63) is 35.9 Å². The number of amides is 1. The highest BCUT2D eigenvalue weighted by Gasteiger charge is 2.35. The molecule has 8 heteroatoms. The number of sulfonamides is 1. The average Bonchev–Trinajstić information content (AvgIpc) is 3.21. The van der Waals surface area contributed by atoms with Gasteiger partial charge < -0.3 is 10.1 Å². The van der Waals surface area contributed by atoms with Crippen LogP contribution in [-0.4, -0.2) is 81.3 Å².